The van der Waals surface area contributed by atoms with Crippen LogP contribution < -0.4 is 0 Å². The van der Waals surface area contributed by atoms with Crippen molar-refractivity contribution in [3.63, 3.8) is 0 Å². The van der Waals surface area contributed by atoms with Crippen molar-refractivity contribution in [1.82, 2.24) is 4.98 Å². The van der Waals surface area contributed by atoms with E-state index in [9.17, 15) is 4.79 Å². The lowest BCUT2D eigenvalue weighted by Crippen LogP contribution is -2.07. The summed E-state index contributed by atoms with van der Waals surface area (Å²) in [7, 11) is 0. The molecule has 1 aromatic carbocycles. The zero-order chi connectivity index (χ0) is 13.7. The van der Waals surface area contributed by atoms with Crippen LogP contribution in [0.5, 0.6) is 0 Å². The predicted molar refractivity (Wildman–Crippen MR) is 75.3 cm³/mol. The topological polar surface area (TPSA) is 53.1 Å². The molecule has 2 aromatic rings. The quantitative estimate of drug-likeness (QED) is 0.832. The molecule has 2 N–H and O–H groups in total. The minimum Gasteiger partial charge on any atom is -0.481 e. The van der Waals surface area contributed by atoms with Gasteiger partial charge in [-0.15, -0.1) is 0 Å². The maximum atomic E-state index is 11.0. The van der Waals surface area contributed by atoms with E-state index in [0.717, 1.165) is 18.4 Å². The molecule has 1 aromatic heterocycles. The van der Waals surface area contributed by atoms with E-state index in [1.165, 1.54) is 11.1 Å². The lowest BCUT2D eigenvalue weighted by molar-refractivity contribution is -0.137. The first-order valence-corrected chi connectivity index (χ1v) is 6.56. The van der Waals surface area contributed by atoms with Crippen molar-refractivity contribution in [3.05, 3.63) is 59.4 Å². The lowest BCUT2D eigenvalue weighted by Gasteiger charge is -2.14. The summed E-state index contributed by atoms with van der Waals surface area (Å²) < 4.78 is 0. The van der Waals surface area contributed by atoms with Crippen LogP contribution in [0.3, 0.4) is 0 Å². The fourth-order valence-corrected chi connectivity index (χ4v) is 2.41. The van der Waals surface area contributed by atoms with Gasteiger partial charge in [-0.2, -0.15) is 0 Å². The van der Waals surface area contributed by atoms with Crippen molar-refractivity contribution >= 4 is 5.97 Å². The number of aryl methyl sites for hydroxylation is 2. The summed E-state index contributed by atoms with van der Waals surface area (Å²) in [5, 5.41) is 9.02. The molecule has 0 radical (unpaired) electrons. The molecule has 100 valence electrons. The van der Waals surface area contributed by atoms with Crippen LogP contribution in [-0.2, 0) is 11.2 Å². The van der Waals surface area contributed by atoms with Gasteiger partial charge >= 0.3 is 5.97 Å². The third-order valence-corrected chi connectivity index (χ3v) is 3.54. The van der Waals surface area contributed by atoms with Gasteiger partial charge < -0.3 is 10.1 Å². The number of carboxylic acids is 1. The molecule has 1 heterocycles. The molecular formula is C16H19NO2. The number of aromatic nitrogens is 1. The molecule has 0 aliphatic heterocycles. The van der Waals surface area contributed by atoms with Crippen LogP contribution in [0.2, 0.25) is 0 Å². The van der Waals surface area contributed by atoms with Crippen LogP contribution in [0.25, 0.3) is 0 Å². The Morgan fingerprint density at radius 2 is 2.11 bits per heavy atom. The molecule has 0 saturated heterocycles. The van der Waals surface area contributed by atoms with Crippen molar-refractivity contribution in [3.8, 4) is 0 Å². The standard InChI is InChI=1S/C16H19NO2/c1-12-4-2-3-5-13(12)6-7-14(10-16(18)19)15-8-9-17-11-15/h2-5,8-9,11,14,17H,6-7,10H2,1H3,(H,18,19). The van der Waals surface area contributed by atoms with E-state index in [-0.39, 0.29) is 12.3 Å². The molecule has 0 aliphatic carbocycles. The number of hydrogen-bond donors (Lipinski definition) is 2. The smallest absolute Gasteiger partial charge is 0.303 e. The fourth-order valence-electron chi connectivity index (χ4n) is 2.41. The Hall–Kier alpha value is -2.03. The zero-order valence-electron chi connectivity index (χ0n) is 11.1. The maximum Gasteiger partial charge on any atom is 0.303 e. The summed E-state index contributed by atoms with van der Waals surface area (Å²) >= 11 is 0. The zero-order valence-corrected chi connectivity index (χ0v) is 11.1. The summed E-state index contributed by atoms with van der Waals surface area (Å²) in [5.41, 5.74) is 3.65. The van der Waals surface area contributed by atoms with E-state index in [4.69, 9.17) is 5.11 Å². The summed E-state index contributed by atoms with van der Waals surface area (Å²) in [6.45, 7) is 2.10. The van der Waals surface area contributed by atoms with Gasteiger partial charge in [0.15, 0.2) is 0 Å². The third-order valence-electron chi connectivity index (χ3n) is 3.54. The fraction of sp³-hybridized carbons (Fsp3) is 0.312. The molecule has 0 fully saturated rings. The lowest BCUT2D eigenvalue weighted by atomic mass is 9.90. The number of carbonyl (C=O) groups is 1. The van der Waals surface area contributed by atoms with Gasteiger partial charge in [0.05, 0.1) is 6.42 Å². The molecule has 1 unspecified atom stereocenters. The highest BCUT2D eigenvalue weighted by Crippen LogP contribution is 2.25. The normalized spacial score (nSPS) is 12.3. The summed E-state index contributed by atoms with van der Waals surface area (Å²) in [6.07, 6.45) is 5.69. The second-order valence-corrected chi connectivity index (χ2v) is 4.90. The molecule has 3 heteroatoms. The van der Waals surface area contributed by atoms with Gasteiger partial charge in [0.2, 0.25) is 0 Å². The number of rotatable bonds is 6. The van der Waals surface area contributed by atoms with Crippen molar-refractivity contribution in [1.29, 1.82) is 0 Å². The van der Waals surface area contributed by atoms with E-state index < -0.39 is 5.97 Å². The molecule has 19 heavy (non-hydrogen) atoms. The van der Waals surface area contributed by atoms with Gasteiger partial charge in [-0.25, -0.2) is 0 Å². The van der Waals surface area contributed by atoms with Crippen LogP contribution in [0.15, 0.2) is 42.7 Å². The molecule has 0 spiro atoms. The molecule has 3 nitrogen and oxygen atoms in total. The second kappa shape index (κ2) is 6.23. The Balaban J connectivity index is 2.05. The number of benzene rings is 1. The van der Waals surface area contributed by atoms with Gasteiger partial charge in [0, 0.05) is 12.4 Å². The second-order valence-electron chi connectivity index (χ2n) is 4.90. The molecule has 0 aliphatic rings. The third kappa shape index (κ3) is 3.71. The largest absolute Gasteiger partial charge is 0.481 e. The van der Waals surface area contributed by atoms with Crippen LogP contribution >= 0.6 is 0 Å². The Kier molecular flexibility index (Phi) is 4.39. The number of carboxylic acid groups (broad SMARTS) is 1. The number of nitrogens with one attached hydrogen (secondary N) is 1. The molecule has 0 amide bonds. The predicted octanol–water partition coefficient (Wildman–Crippen LogP) is 3.51. The van der Waals surface area contributed by atoms with Crippen molar-refractivity contribution < 1.29 is 9.90 Å². The van der Waals surface area contributed by atoms with E-state index in [1.54, 1.807) is 0 Å². The number of aromatic amines is 1. The highest BCUT2D eigenvalue weighted by atomic mass is 16.4. The molecular weight excluding hydrogens is 238 g/mol. The Morgan fingerprint density at radius 1 is 1.32 bits per heavy atom. The average molecular weight is 257 g/mol. The summed E-state index contributed by atoms with van der Waals surface area (Å²) in [6, 6.07) is 10.2. The minimum atomic E-state index is -0.740. The van der Waals surface area contributed by atoms with Crippen LogP contribution in [0.1, 0.15) is 35.4 Å². The number of hydrogen-bond acceptors (Lipinski definition) is 1. The van der Waals surface area contributed by atoms with Crippen LogP contribution in [0.4, 0.5) is 0 Å². The van der Waals surface area contributed by atoms with Gasteiger partial charge in [-0.1, -0.05) is 24.3 Å². The van der Waals surface area contributed by atoms with Crippen molar-refractivity contribution in [2.75, 3.05) is 0 Å². The average Bonchev–Trinajstić information content (AvgIpc) is 2.89. The Bertz CT molecular complexity index is 531. The Morgan fingerprint density at radius 3 is 2.74 bits per heavy atom. The first-order chi connectivity index (χ1) is 9.16. The summed E-state index contributed by atoms with van der Waals surface area (Å²) in [5.74, 6) is -0.667. The van der Waals surface area contributed by atoms with E-state index >= 15 is 0 Å². The minimum absolute atomic E-state index is 0.0726. The molecule has 2 rings (SSSR count). The highest BCUT2D eigenvalue weighted by Gasteiger charge is 2.16. The van der Waals surface area contributed by atoms with Gasteiger partial charge in [-0.3, -0.25) is 4.79 Å². The van der Waals surface area contributed by atoms with E-state index in [2.05, 4.69) is 24.0 Å². The van der Waals surface area contributed by atoms with Crippen LogP contribution in [-0.4, -0.2) is 16.1 Å². The van der Waals surface area contributed by atoms with Gasteiger partial charge in [0.1, 0.15) is 0 Å². The van der Waals surface area contributed by atoms with Crippen molar-refractivity contribution in [2.24, 2.45) is 0 Å². The summed E-state index contributed by atoms with van der Waals surface area (Å²) in [4.78, 5) is 14.0. The van der Waals surface area contributed by atoms with Crippen molar-refractivity contribution in [2.45, 2.75) is 32.1 Å². The first kappa shape index (κ1) is 13.4. The monoisotopic (exact) mass is 257 g/mol. The SMILES string of the molecule is Cc1ccccc1CCC(CC(=O)O)c1cc[nH]c1. The number of H-pyrrole nitrogens is 1. The molecule has 0 bridgehead atoms. The number of aliphatic carboxylic acids is 1. The maximum absolute atomic E-state index is 11.0. The van der Waals surface area contributed by atoms with Gasteiger partial charge in [-0.05, 0) is 48.4 Å². The van der Waals surface area contributed by atoms with Gasteiger partial charge in [0.25, 0.3) is 0 Å². The first-order valence-electron chi connectivity index (χ1n) is 6.56. The molecule has 1 atom stereocenters. The molecule has 0 saturated carbocycles. The van der Waals surface area contributed by atoms with E-state index in [0.29, 0.717) is 0 Å². The van der Waals surface area contributed by atoms with Crippen LogP contribution in [0, 0.1) is 6.92 Å². The van der Waals surface area contributed by atoms with E-state index in [1.807, 2.05) is 30.6 Å². The Labute approximate surface area is 113 Å². The highest BCUT2D eigenvalue weighted by molar-refractivity contribution is 5.68.